The maximum Gasteiger partial charge on any atom is 0.104 e. The van der Waals surface area contributed by atoms with Gasteiger partial charge in [0.05, 0.1) is 13.2 Å². The summed E-state index contributed by atoms with van der Waals surface area (Å²) in [5.41, 5.74) is 1.94. The highest BCUT2D eigenvalue weighted by Crippen LogP contribution is 2.74. The molecule has 0 bridgehead atoms. The molecular formula is C28H48O2. The van der Waals surface area contributed by atoms with Gasteiger partial charge < -0.3 is 9.84 Å². The van der Waals surface area contributed by atoms with Gasteiger partial charge in [-0.3, -0.25) is 0 Å². The first-order chi connectivity index (χ1) is 14.3. The standard InChI is InChI=1S/C25H42.C3H6O2/c1-17-7-6-14-23(2)20(17)13-16-25(4)22(23)11-10-21-19-9-5-8-18(19)12-15-24(21,25)3;4-1-3-2-5-3/h17-22H,5-16H2,1-4H3;3-4H,1-2H2. The van der Waals surface area contributed by atoms with Gasteiger partial charge in [-0.15, -0.1) is 0 Å². The molecule has 5 aliphatic carbocycles. The summed E-state index contributed by atoms with van der Waals surface area (Å²) < 4.78 is 4.61. The smallest absolute Gasteiger partial charge is 0.104 e. The molecular weight excluding hydrogens is 368 g/mol. The number of rotatable bonds is 1. The van der Waals surface area contributed by atoms with Crippen LogP contribution in [0.1, 0.15) is 105 Å². The van der Waals surface area contributed by atoms with Crippen molar-refractivity contribution in [1.29, 1.82) is 0 Å². The maximum atomic E-state index is 8.08. The van der Waals surface area contributed by atoms with Crippen molar-refractivity contribution in [3.63, 3.8) is 0 Å². The summed E-state index contributed by atoms with van der Waals surface area (Å²) in [6, 6.07) is 0. The quantitative estimate of drug-likeness (QED) is 0.474. The minimum absolute atomic E-state index is 0.190. The summed E-state index contributed by atoms with van der Waals surface area (Å²) in [5, 5.41) is 8.08. The zero-order valence-electron chi connectivity index (χ0n) is 20.3. The van der Waals surface area contributed by atoms with Gasteiger partial charge in [0.1, 0.15) is 6.10 Å². The highest BCUT2D eigenvalue weighted by molar-refractivity contribution is 5.15. The zero-order chi connectivity index (χ0) is 21.1. The molecule has 0 aromatic carbocycles. The lowest BCUT2D eigenvalue weighted by Crippen LogP contribution is -2.63. The maximum absolute atomic E-state index is 8.08. The van der Waals surface area contributed by atoms with Crippen LogP contribution in [0.3, 0.4) is 0 Å². The fourth-order valence-electron chi connectivity index (χ4n) is 10.4. The predicted molar refractivity (Wildman–Crippen MR) is 123 cm³/mol. The molecule has 6 rings (SSSR count). The molecule has 2 heteroatoms. The third-order valence-electron chi connectivity index (χ3n) is 12.2. The van der Waals surface area contributed by atoms with E-state index in [4.69, 9.17) is 5.11 Å². The molecule has 0 radical (unpaired) electrons. The molecule has 1 aliphatic heterocycles. The topological polar surface area (TPSA) is 32.8 Å². The number of aliphatic hydroxyl groups is 1. The largest absolute Gasteiger partial charge is 0.394 e. The van der Waals surface area contributed by atoms with E-state index in [-0.39, 0.29) is 12.7 Å². The summed E-state index contributed by atoms with van der Waals surface area (Å²) in [7, 11) is 0. The number of hydrogen-bond acceptors (Lipinski definition) is 2. The monoisotopic (exact) mass is 416 g/mol. The van der Waals surface area contributed by atoms with Crippen molar-refractivity contribution >= 4 is 0 Å². The van der Waals surface area contributed by atoms with Crippen molar-refractivity contribution in [1.82, 2.24) is 0 Å². The normalized spacial score (nSPS) is 56.5. The van der Waals surface area contributed by atoms with Gasteiger partial charge in [0, 0.05) is 0 Å². The molecule has 10 atom stereocenters. The van der Waals surface area contributed by atoms with Gasteiger partial charge in [0.2, 0.25) is 0 Å². The molecule has 6 fully saturated rings. The van der Waals surface area contributed by atoms with Crippen molar-refractivity contribution in [3.05, 3.63) is 0 Å². The highest BCUT2D eigenvalue weighted by atomic mass is 16.6. The SMILES string of the molecule is CC1CCCC2(C)C1CCC1(C)C2CCC2C3CCCC3CCC21C.OCC1CO1. The molecule has 0 spiro atoms. The van der Waals surface area contributed by atoms with E-state index in [0.29, 0.717) is 16.2 Å². The number of aliphatic hydroxyl groups excluding tert-OH is 1. The molecule has 5 saturated carbocycles. The van der Waals surface area contributed by atoms with Crippen LogP contribution in [0, 0.1) is 51.8 Å². The van der Waals surface area contributed by atoms with Crippen LogP contribution in [0.4, 0.5) is 0 Å². The van der Waals surface area contributed by atoms with E-state index in [1.54, 1.807) is 57.8 Å². The van der Waals surface area contributed by atoms with Gasteiger partial charge in [-0.05, 0) is 103 Å². The molecule has 10 unspecified atom stereocenters. The molecule has 2 nitrogen and oxygen atoms in total. The second-order valence-electron chi connectivity index (χ2n) is 13.1. The second kappa shape index (κ2) is 7.75. The Morgan fingerprint density at radius 3 is 2.27 bits per heavy atom. The summed E-state index contributed by atoms with van der Waals surface area (Å²) >= 11 is 0. The van der Waals surface area contributed by atoms with E-state index in [0.717, 1.165) is 42.1 Å². The first-order valence-corrected chi connectivity index (χ1v) is 13.6. The van der Waals surface area contributed by atoms with Crippen LogP contribution in [-0.4, -0.2) is 24.4 Å². The summed E-state index contributed by atoms with van der Waals surface area (Å²) in [6.07, 6.45) is 18.8. The molecule has 0 aromatic heterocycles. The average Bonchev–Trinajstić information content (AvgIpc) is 3.44. The van der Waals surface area contributed by atoms with Gasteiger partial charge in [0.25, 0.3) is 0 Å². The Hall–Kier alpha value is -0.0800. The summed E-state index contributed by atoms with van der Waals surface area (Å²) in [6.45, 7) is 11.9. The Labute approximate surface area is 185 Å². The first kappa shape index (κ1) is 21.7. The van der Waals surface area contributed by atoms with Crippen LogP contribution in [0.5, 0.6) is 0 Å². The molecule has 30 heavy (non-hydrogen) atoms. The van der Waals surface area contributed by atoms with Crippen molar-refractivity contribution in [2.45, 2.75) is 111 Å². The predicted octanol–water partition coefficient (Wildman–Crippen LogP) is 6.85. The van der Waals surface area contributed by atoms with Crippen LogP contribution in [0.25, 0.3) is 0 Å². The van der Waals surface area contributed by atoms with E-state index >= 15 is 0 Å². The van der Waals surface area contributed by atoms with Crippen molar-refractivity contribution in [2.24, 2.45) is 51.8 Å². The van der Waals surface area contributed by atoms with Gasteiger partial charge in [-0.2, -0.15) is 0 Å². The zero-order valence-corrected chi connectivity index (χ0v) is 20.3. The lowest BCUT2D eigenvalue weighted by Gasteiger charge is -2.70. The Bertz CT molecular complexity index is 628. The van der Waals surface area contributed by atoms with E-state index in [1.807, 2.05) is 0 Å². The Morgan fingerprint density at radius 2 is 1.57 bits per heavy atom. The van der Waals surface area contributed by atoms with Crippen LogP contribution in [-0.2, 0) is 4.74 Å². The Morgan fingerprint density at radius 1 is 0.800 bits per heavy atom. The number of ether oxygens (including phenoxy) is 1. The number of epoxide rings is 1. The van der Waals surface area contributed by atoms with E-state index in [1.165, 1.54) is 19.3 Å². The van der Waals surface area contributed by atoms with Gasteiger partial charge >= 0.3 is 0 Å². The van der Waals surface area contributed by atoms with Crippen molar-refractivity contribution in [3.8, 4) is 0 Å². The molecule has 1 N–H and O–H groups in total. The van der Waals surface area contributed by atoms with E-state index in [2.05, 4.69) is 32.4 Å². The van der Waals surface area contributed by atoms with Gasteiger partial charge in [-0.25, -0.2) is 0 Å². The summed E-state index contributed by atoms with van der Waals surface area (Å²) in [4.78, 5) is 0. The van der Waals surface area contributed by atoms with Crippen LogP contribution < -0.4 is 0 Å². The van der Waals surface area contributed by atoms with Crippen LogP contribution in [0.15, 0.2) is 0 Å². The number of hydrogen-bond donors (Lipinski definition) is 1. The lowest BCUT2D eigenvalue weighted by molar-refractivity contribution is -0.216. The molecule has 6 aliphatic rings. The summed E-state index contributed by atoms with van der Waals surface area (Å²) in [5.74, 6) is 6.31. The van der Waals surface area contributed by atoms with E-state index < -0.39 is 0 Å². The molecule has 0 amide bonds. The van der Waals surface area contributed by atoms with Crippen molar-refractivity contribution in [2.75, 3.05) is 13.2 Å². The third-order valence-corrected chi connectivity index (χ3v) is 12.2. The Kier molecular flexibility index (Phi) is 5.62. The fourth-order valence-corrected chi connectivity index (χ4v) is 10.4. The number of fused-ring (bicyclic) bond motifs is 7. The van der Waals surface area contributed by atoms with Crippen LogP contribution in [0.2, 0.25) is 0 Å². The minimum Gasteiger partial charge on any atom is -0.394 e. The average molecular weight is 417 g/mol. The lowest BCUT2D eigenvalue weighted by atomic mass is 9.34. The molecule has 172 valence electrons. The molecule has 1 saturated heterocycles. The van der Waals surface area contributed by atoms with Gasteiger partial charge in [-0.1, -0.05) is 53.4 Å². The Balaban J connectivity index is 0.000000340. The molecule has 1 heterocycles. The highest BCUT2D eigenvalue weighted by Gasteiger charge is 2.66. The minimum atomic E-state index is 0.190. The first-order valence-electron chi connectivity index (χ1n) is 13.6. The molecule has 0 aromatic rings. The fraction of sp³-hybridized carbons (Fsp3) is 1.00. The van der Waals surface area contributed by atoms with E-state index in [9.17, 15) is 0 Å². The third kappa shape index (κ3) is 3.17. The second-order valence-corrected chi connectivity index (χ2v) is 13.1. The van der Waals surface area contributed by atoms with Crippen molar-refractivity contribution < 1.29 is 9.84 Å². The van der Waals surface area contributed by atoms with Gasteiger partial charge in [0.15, 0.2) is 0 Å². The van der Waals surface area contributed by atoms with Crippen LogP contribution >= 0.6 is 0 Å².